The Balaban J connectivity index is 1.11. The van der Waals surface area contributed by atoms with Gasteiger partial charge in [0, 0.05) is 36.6 Å². The number of rotatable bonds is 26. The maximum absolute atomic E-state index is 7.13. The molecule has 0 radical (unpaired) electrons. The minimum Gasteiger partial charge on any atom is -0.457 e. The summed E-state index contributed by atoms with van der Waals surface area (Å²) >= 11 is 0. The maximum atomic E-state index is 7.13. The lowest BCUT2D eigenvalue weighted by molar-refractivity contribution is 0.312. The number of hydrogen-bond donors (Lipinski definition) is 0. The van der Waals surface area contributed by atoms with Crippen molar-refractivity contribution in [3.8, 4) is 11.5 Å². The highest BCUT2D eigenvalue weighted by molar-refractivity contribution is 5.45. The quantitative estimate of drug-likeness (QED) is 0.0590. The summed E-state index contributed by atoms with van der Waals surface area (Å²) in [5.41, 5.74) is 8.30. The van der Waals surface area contributed by atoms with Crippen molar-refractivity contribution in [1.82, 2.24) is 19.9 Å². The normalized spacial score (nSPS) is 19.3. The van der Waals surface area contributed by atoms with E-state index in [2.05, 4.69) is 88.9 Å². The van der Waals surface area contributed by atoms with Crippen molar-refractivity contribution in [2.24, 2.45) is 11.8 Å². The van der Waals surface area contributed by atoms with Crippen LogP contribution in [-0.2, 0) is 38.5 Å². The molecule has 0 N–H and O–H groups in total. The highest BCUT2D eigenvalue weighted by Gasteiger charge is 2.27. The average molecular weight is 827 g/mol. The van der Waals surface area contributed by atoms with Gasteiger partial charge in [0.2, 0.25) is 0 Å². The molecule has 2 aliphatic carbocycles. The van der Waals surface area contributed by atoms with Crippen LogP contribution in [0.25, 0.3) is 0 Å². The molecule has 332 valence electrons. The summed E-state index contributed by atoms with van der Waals surface area (Å²) in [6, 6.07) is 14.3. The molecular weight excluding hydrogens is 745 g/mol. The van der Waals surface area contributed by atoms with Crippen molar-refractivity contribution in [3.05, 3.63) is 106 Å². The molecule has 0 bridgehead atoms. The third-order valence-corrected chi connectivity index (χ3v) is 14.1. The van der Waals surface area contributed by atoms with Crippen molar-refractivity contribution >= 4 is 0 Å². The largest absolute Gasteiger partial charge is 0.457 e. The van der Waals surface area contributed by atoms with Gasteiger partial charge >= 0.3 is 0 Å². The molecule has 0 unspecified atom stereocenters. The number of benzene rings is 2. The van der Waals surface area contributed by atoms with Gasteiger partial charge in [-0.3, -0.25) is 0 Å². The molecule has 2 aliphatic rings. The van der Waals surface area contributed by atoms with Crippen LogP contribution >= 0.6 is 0 Å². The van der Waals surface area contributed by atoms with E-state index in [9.17, 15) is 0 Å². The van der Waals surface area contributed by atoms with E-state index in [0.717, 1.165) is 61.7 Å². The third-order valence-electron chi connectivity index (χ3n) is 14.1. The Morgan fingerprint density at radius 3 is 1.13 bits per heavy atom. The molecular formula is C56H82N4O. The third kappa shape index (κ3) is 15.3. The molecule has 5 heteroatoms. The summed E-state index contributed by atoms with van der Waals surface area (Å²) in [7, 11) is 0. The van der Waals surface area contributed by atoms with E-state index in [1.165, 1.54) is 175 Å². The van der Waals surface area contributed by atoms with Gasteiger partial charge in [0.1, 0.15) is 23.1 Å². The van der Waals surface area contributed by atoms with Gasteiger partial charge in [-0.25, -0.2) is 19.9 Å². The van der Waals surface area contributed by atoms with Gasteiger partial charge in [-0.15, -0.1) is 0 Å². The lowest BCUT2D eigenvalue weighted by Gasteiger charge is -2.29. The van der Waals surface area contributed by atoms with Crippen LogP contribution in [0.4, 0.5) is 0 Å². The van der Waals surface area contributed by atoms with Crippen molar-refractivity contribution in [3.63, 3.8) is 0 Å². The van der Waals surface area contributed by atoms with Gasteiger partial charge in [0.05, 0.1) is 0 Å². The van der Waals surface area contributed by atoms with Gasteiger partial charge in [0.15, 0.2) is 0 Å². The monoisotopic (exact) mass is 827 g/mol. The predicted molar refractivity (Wildman–Crippen MR) is 256 cm³/mol. The molecule has 2 heterocycles. The zero-order chi connectivity index (χ0) is 42.5. The minimum atomic E-state index is 0.480. The summed E-state index contributed by atoms with van der Waals surface area (Å²) in [6.07, 6.45) is 42.5. The zero-order valence-electron chi connectivity index (χ0n) is 39.1. The highest BCUT2D eigenvalue weighted by Crippen LogP contribution is 2.41. The first-order valence-electron chi connectivity index (χ1n) is 25.6. The summed E-state index contributed by atoms with van der Waals surface area (Å²) in [5.74, 6) is 6.52. The topological polar surface area (TPSA) is 60.8 Å². The van der Waals surface area contributed by atoms with Gasteiger partial charge in [-0.2, -0.15) is 0 Å². The molecule has 0 spiro atoms. The minimum absolute atomic E-state index is 0.480. The fraction of sp³-hybridized carbons (Fsp3) is 0.643. The van der Waals surface area contributed by atoms with E-state index in [0.29, 0.717) is 23.7 Å². The van der Waals surface area contributed by atoms with Crippen molar-refractivity contribution in [1.29, 1.82) is 0 Å². The maximum Gasteiger partial charge on any atom is 0.131 e. The second-order valence-electron chi connectivity index (χ2n) is 19.3. The van der Waals surface area contributed by atoms with Gasteiger partial charge in [0.25, 0.3) is 0 Å². The molecule has 2 aromatic heterocycles. The lowest BCUT2D eigenvalue weighted by atomic mass is 9.78. The van der Waals surface area contributed by atoms with E-state index in [-0.39, 0.29) is 0 Å². The molecule has 0 saturated heterocycles. The molecule has 0 aliphatic heterocycles. The number of nitrogens with zero attached hydrogens (tertiary/aromatic N) is 4. The van der Waals surface area contributed by atoms with Crippen LogP contribution in [-0.4, -0.2) is 19.9 Å². The van der Waals surface area contributed by atoms with Gasteiger partial charge in [-0.1, -0.05) is 116 Å². The number of hydrogen-bond acceptors (Lipinski definition) is 5. The van der Waals surface area contributed by atoms with Crippen LogP contribution in [0.3, 0.4) is 0 Å². The van der Waals surface area contributed by atoms with E-state index >= 15 is 0 Å². The molecule has 6 rings (SSSR count). The molecule has 61 heavy (non-hydrogen) atoms. The standard InChI is InChI=1S/C56H82N4O/c1-5-9-13-17-21-47-39-57-55(58-40-47)49-29-23-45(24-30-49)37-51-35-43(19-15-11-7-3)27-33-53(51)61-54-34-28-44(20-16-12-8-4)36-52(54)38-46-25-31-50(32-26-46)56-59-41-48(42-60-56)22-18-14-10-6-2/h27-28,33-36,39-42,45-46,49-50H,5-26,29-32,37-38H2,1-4H3/t45-,46-,49-,50-. The smallest absolute Gasteiger partial charge is 0.131 e. The Kier molecular flexibility index (Phi) is 20.1. The fourth-order valence-electron chi connectivity index (χ4n) is 10.2. The predicted octanol–water partition coefficient (Wildman–Crippen LogP) is 15.8. The Bertz CT molecular complexity index is 1670. The van der Waals surface area contributed by atoms with E-state index in [1.807, 2.05) is 0 Å². The Labute approximate surface area is 372 Å². The van der Waals surface area contributed by atoms with Crippen molar-refractivity contribution in [2.45, 2.75) is 219 Å². The average Bonchev–Trinajstić information content (AvgIpc) is 3.29. The lowest BCUT2D eigenvalue weighted by Crippen LogP contribution is -2.18. The fourth-order valence-corrected chi connectivity index (χ4v) is 10.2. The number of aromatic nitrogens is 4. The zero-order valence-corrected chi connectivity index (χ0v) is 39.1. The first-order chi connectivity index (χ1) is 30.0. The van der Waals surface area contributed by atoms with Crippen LogP contribution in [0.2, 0.25) is 0 Å². The van der Waals surface area contributed by atoms with Gasteiger partial charge < -0.3 is 4.74 Å². The first kappa shape index (κ1) is 46.9. The Morgan fingerprint density at radius 2 is 0.754 bits per heavy atom. The van der Waals surface area contributed by atoms with Crippen LogP contribution in [0.15, 0.2) is 61.2 Å². The number of unbranched alkanes of at least 4 members (excludes halogenated alkanes) is 10. The van der Waals surface area contributed by atoms with E-state index < -0.39 is 0 Å². The second kappa shape index (κ2) is 26.1. The van der Waals surface area contributed by atoms with E-state index in [4.69, 9.17) is 24.7 Å². The van der Waals surface area contributed by atoms with Crippen LogP contribution in [0.5, 0.6) is 11.5 Å². The highest BCUT2D eigenvalue weighted by atomic mass is 16.5. The molecule has 5 nitrogen and oxygen atoms in total. The molecule has 2 saturated carbocycles. The van der Waals surface area contributed by atoms with Crippen LogP contribution in [0, 0.1) is 11.8 Å². The summed E-state index contributed by atoms with van der Waals surface area (Å²) in [5, 5.41) is 0. The number of ether oxygens (including phenoxy) is 1. The molecule has 2 aromatic carbocycles. The first-order valence-corrected chi connectivity index (χ1v) is 25.6. The SMILES string of the molecule is CCCCCCc1cnc([C@H]2CC[C@H](Cc3cc(CCCCC)ccc3Oc3ccc(CCCCC)cc3C[C@H]3CC[C@H](c4ncc(CCCCCC)cn4)CC3)CC2)nc1. The molecule has 2 fully saturated rings. The summed E-state index contributed by atoms with van der Waals surface area (Å²) < 4.78 is 7.13. The van der Waals surface area contributed by atoms with E-state index in [1.54, 1.807) is 0 Å². The van der Waals surface area contributed by atoms with Crippen LogP contribution in [0.1, 0.15) is 226 Å². The Morgan fingerprint density at radius 1 is 0.410 bits per heavy atom. The summed E-state index contributed by atoms with van der Waals surface area (Å²) in [4.78, 5) is 19.6. The van der Waals surface area contributed by atoms with Crippen molar-refractivity contribution < 1.29 is 4.74 Å². The molecule has 0 amide bonds. The Hall–Kier alpha value is -3.60. The molecule has 4 aromatic rings. The second-order valence-corrected chi connectivity index (χ2v) is 19.3. The van der Waals surface area contributed by atoms with Gasteiger partial charge in [-0.05, 0) is 173 Å². The van der Waals surface area contributed by atoms with Crippen molar-refractivity contribution in [2.75, 3.05) is 0 Å². The summed E-state index contributed by atoms with van der Waals surface area (Å²) in [6.45, 7) is 9.14. The van der Waals surface area contributed by atoms with Crippen LogP contribution < -0.4 is 4.74 Å². The number of aryl methyl sites for hydroxylation is 4. The molecule has 0 atom stereocenters.